The van der Waals surface area contributed by atoms with Gasteiger partial charge in [-0.3, -0.25) is 9.59 Å². The molecular weight excluding hydrogens is 321 g/mol. The number of carboxylic acids is 1. The number of carboxylic acid groups (broad SMARTS) is 1. The quantitative estimate of drug-likeness (QED) is 0.825. The topological polar surface area (TPSA) is 66.4 Å². The molecule has 0 bridgehead atoms. The Bertz CT molecular complexity index is 389. The predicted octanol–water partition coefficient (Wildman–Crippen LogP) is 1.74. The maximum atomic E-state index is 11.6. The molecule has 0 aliphatic heterocycles. The summed E-state index contributed by atoms with van der Waals surface area (Å²) in [6.07, 6.45) is 0. The fourth-order valence-corrected chi connectivity index (χ4v) is 1.40. The second-order valence-corrected chi connectivity index (χ2v) is 4.70. The number of hydrogen-bond donors (Lipinski definition) is 2. The summed E-state index contributed by atoms with van der Waals surface area (Å²) in [6.45, 7) is 1.69. The molecule has 16 heavy (non-hydrogen) atoms. The molecule has 0 aliphatic carbocycles. The molecule has 2 N–H and O–H groups in total. The van der Waals surface area contributed by atoms with Crippen LogP contribution in [0.25, 0.3) is 0 Å². The number of benzene rings is 1. The number of amides is 1. The molecule has 0 unspecified atom stereocenters. The van der Waals surface area contributed by atoms with Gasteiger partial charge in [-0.15, -0.1) is 0 Å². The Morgan fingerprint density at radius 1 is 1.38 bits per heavy atom. The first-order valence-corrected chi connectivity index (χ1v) is 5.85. The largest absolute Gasteiger partial charge is 0.481 e. The van der Waals surface area contributed by atoms with Gasteiger partial charge in [0.25, 0.3) is 5.91 Å². The number of hydrogen-bond acceptors (Lipinski definition) is 2. The lowest BCUT2D eigenvalue weighted by Gasteiger charge is -2.08. The minimum absolute atomic E-state index is 0.139. The Hall–Kier alpha value is -1.11. The van der Waals surface area contributed by atoms with Crippen molar-refractivity contribution in [2.75, 3.05) is 6.54 Å². The van der Waals surface area contributed by atoms with Gasteiger partial charge in [0, 0.05) is 15.7 Å². The molecule has 0 fully saturated rings. The number of carbonyl (C=O) groups excluding carboxylic acids is 1. The van der Waals surface area contributed by atoms with Crippen LogP contribution in [-0.2, 0) is 4.79 Å². The zero-order valence-electron chi connectivity index (χ0n) is 8.74. The Morgan fingerprint density at radius 2 is 1.94 bits per heavy atom. The van der Waals surface area contributed by atoms with E-state index in [1.807, 2.05) is 12.1 Å². The van der Waals surface area contributed by atoms with Crippen LogP contribution in [0.4, 0.5) is 0 Å². The third-order valence-electron chi connectivity index (χ3n) is 2.10. The van der Waals surface area contributed by atoms with Gasteiger partial charge in [-0.2, -0.15) is 0 Å². The number of aliphatic carboxylic acids is 1. The molecule has 0 radical (unpaired) electrons. The molecule has 1 rings (SSSR count). The van der Waals surface area contributed by atoms with E-state index < -0.39 is 11.9 Å². The third kappa shape index (κ3) is 3.80. The van der Waals surface area contributed by atoms with E-state index in [1.165, 1.54) is 0 Å². The van der Waals surface area contributed by atoms with Crippen molar-refractivity contribution in [3.05, 3.63) is 33.4 Å². The molecule has 1 aromatic rings. The van der Waals surface area contributed by atoms with E-state index in [2.05, 4.69) is 27.9 Å². The van der Waals surface area contributed by atoms with Crippen molar-refractivity contribution < 1.29 is 14.7 Å². The van der Waals surface area contributed by atoms with E-state index in [-0.39, 0.29) is 12.5 Å². The summed E-state index contributed by atoms with van der Waals surface area (Å²) in [5.74, 6) is -1.74. The van der Waals surface area contributed by atoms with Gasteiger partial charge in [-0.1, -0.05) is 6.92 Å². The molecule has 4 nitrogen and oxygen atoms in total. The van der Waals surface area contributed by atoms with Crippen LogP contribution in [0.15, 0.2) is 24.3 Å². The van der Waals surface area contributed by atoms with Gasteiger partial charge in [-0.25, -0.2) is 0 Å². The second kappa shape index (κ2) is 5.83. The molecule has 0 aromatic heterocycles. The number of nitrogens with one attached hydrogen (secondary N) is 1. The summed E-state index contributed by atoms with van der Waals surface area (Å²) in [5.41, 5.74) is 0.540. The summed E-state index contributed by atoms with van der Waals surface area (Å²) >= 11 is 2.15. The van der Waals surface area contributed by atoms with Crippen molar-refractivity contribution in [2.24, 2.45) is 5.92 Å². The van der Waals surface area contributed by atoms with E-state index in [9.17, 15) is 9.59 Å². The summed E-state index contributed by atoms with van der Waals surface area (Å²) in [4.78, 5) is 22.1. The van der Waals surface area contributed by atoms with Crippen molar-refractivity contribution in [1.29, 1.82) is 0 Å². The average molecular weight is 333 g/mol. The summed E-state index contributed by atoms with van der Waals surface area (Å²) < 4.78 is 1.05. The molecule has 86 valence electrons. The van der Waals surface area contributed by atoms with Crippen molar-refractivity contribution in [2.45, 2.75) is 6.92 Å². The van der Waals surface area contributed by atoms with Crippen molar-refractivity contribution >= 4 is 34.5 Å². The van der Waals surface area contributed by atoms with Gasteiger partial charge >= 0.3 is 5.97 Å². The van der Waals surface area contributed by atoms with Gasteiger partial charge in [0.2, 0.25) is 0 Å². The first kappa shape index (κ1) is 13.0. The molecule has 0 aliphatic rings. The first-order chi connectivity index (χ1) is 7.50. The molecular formula is C11H12INO3. The molecule has 5 heteroatoms. The lowest BCUT2D eigenvalue weighted by molar-refractivity contribution is -0.140. The Morgan fingerprint density at radius 3 is 2.44 bits per heavy atom. The van der Waals surface area contributed by atoms with Crippen LogP contribution in [0.1, 0.15) is 17.3 Å². The lowest BCUT2D eigenvalue weighted by Crippen LogP contribution is -2.31. The van der Waals surface area contributed by atoms with E-state index in [4.69, 9.17) is 5.11 Å². The van der Waals surface area contributed by atoms with Crippen LogP contribution < -0.4 is 5.32 Å². The molecule has 0 heterocycles. The fraction of sp³-hybridized carbons (Fsp3) is 0.273. The highest BCUT2D eigenvalue weighted by Crippen LogP contribution is 2.06. The van der Waals surface area contributed by atoms with Gasteiger partial charge in [0.05, 0.1) is 5.92 Å². The SMILES string of the molecule is C[C@@H](CNC(=O)c1ccc(I)cc1)C(=O)O. The second-order valence-electron chi connectivity index (χ2n) is 3.46. The average Bonchev–Trinajstić information content (AvgIpc) is 2.26. The molecule has 0 spiro atoms. The highest BCUT2D eigenvalue weighted by atomic mass is 127. The molecule has 0 saturated carbocycles. The minimum atomic E-state index is -0.914. The number of halogens is 1. The molecule has 1 atom stereocenters. The van der Waals surface area contributed by atoms with Crippen LogP contribution in [0.2, 0.25) is 0 Å². The Kier molecular flexibility index (Phi) is 4.72. The van der Waals surface area contributed by atoms with Gasteiger partial charge in [0.15, 0.2) is 0 Å². The third-order valence-corrected chi connectivity index (χ3v) is 2.82. The highest BCUT2D eigenvalue weighted by Gasteiger charge is 2.12. The van der Waals surface area contributed by atoms with Gasteiger partial charge < -0.3 is 10.4 Å². The monoisotopic (exact) mass is 333 g/mol. The van der Waals surface area contributed by atoms with E-state index in [0.717, 1.165) is 3.57 Å². The molecule has 1 aromatic carbocycles. The summed E-state index contributed by atoms with van der Waals surface area (Å²) in [6, 6.07) is 7.08. The number of rotatable bonds is 4. The van der Waals surface area contributed by atoms with Crippen LogP contribution in [0, 0.1) is 9.49 Å². The summed E-state index contributed by atoms with van der Waals surface area (Å²) in [5, 5.41) is 11.2. The fourth-order valence-electron chi connectivity index (χ4n) is 1.04. The zero-order chi connectivity index (χ0) is 12.1. The van der Waals surface area contributed by atoms with Crippen LogP contribution in [0.3, 0.4) is 0 Å². The van der Waals surface area contributed by atoms with E-state index in [1.54, 1.807) is 19.1 Å². The van der Waals surface area contributed by atoms with Gasteiger partial charge in [-0.05, 0) is 46.9 Å². The van der Waals surface area contributed by atoms with Crippen LogP contribution >= 0.6 is 22.6 Å². The smallest absolute Gasteiger partial charge is 0.308 e. The Labute approximate surface area is 107 Å². The van der Waals surface area contributed by atoms with Crippen LogP contribution in [0.5, 0.6) is 0 Å². The van der Waals surface area contributed by atoms with E-state index in [0.29, 0.717) is 5.56 Å². The lowest BCUT2D eigenvalue weighted by atomic mass is 10.1. The summed E-state index contributed by atoms with van der Waals surface area (Å²) in [7, 11) is 0. The van der Waals surface area contributed by atoms with Crippen LogP contribution in [-0.4, -0.2) is 23.5 Å². The van der Waals surface area contributed by atoms with Gasteiger partial charge in [0.1, 0.15) is 0 Å². The predicted molar refractivity (Wildman–Crippen MR) is 68.3 cm³/mol. The minimum Gasteiger partial charge on any atom is -0.481 e. The Balaban J connectivity index is 2.53. The highest BCUT2D eigenvalue weighted by molar-refractivity contribution is 14.1. The first-order valence-electron chi connectivity index (χ1n) is 4.77. The van der Waals surface area contributed by atoms with E-state index >= 15 is 0 Å². The molecule has 0 saturated heterocycles. The van der Waals surface area contributed by atoms with Crippen molar-refractivity contribution in [3.8, 4) is 0 Å². The maximum Gasteiger partial charge on any atom is 0.308 e. The zero-order valence-corrected chi connectivity index (χ0v) is 10.9. The standard InChI is InChI=1S/C11H12INO3/c1-7(11(15)16)6-13-10(14)8-2-4-9(12)5-3-8/h2-5,7H,6H2,1H3,(H,13,14)(H,15,16)/t7-/m0/s1. The number of carbonyl (C=O) groups is 2. The van der Waals surface area contributed by atoms with Crippen molar-refractivity contribution in [3.63, 3.8) is 0 Å². The maximum absolute atomic E-state index is 11.6. The molecule has 1 amide bonds. The van der Waals surface area contributed by atoms with Crippen molar-refractivity contribution in [1.82, 2.24) is 5.32 Å². The normalized spacial score (nSPS) is 11.9.